The fourth-order valence-electron chi connectivity index (χ4n) is 3.29. The fraction of sp³-hybridized carbons (Fsp3) is 0.500. The molecule has 0 spiro atoms. The number of nitrogens with one attached hydrogen (secondary N) is 1. The zero-order valence-electron chi connectivity index (χ0n) is 11.9. The Bertz CT molecular complexity index is 558. The highest BCUT2D eigenvalue weighted by molar-refractivity contribution is 5.79. The van der Waals surface area contributed by atoms with E-state index in [9.17, 15) is 14.7 Å². The topological polar surface area (TPSA) is 69.6 Å². The van der Waals surface area contributed by atoms with E-state index in [0.29, 0.717) is 25.3 Å². The minimum atomic E-state index is 0.0935. The molecular weight excluding hydrogens is 268 g/mol. The molecule has 0 bridgehead atoms. The third kappa shape index (κ3) is 3.17. The van der Waals surface area contributed by atoms with E-state index in [0.717, 1.165) is 24.9 Å². The van der Waals surface area contributed by atoms with Crippen molar-refractivity contribution in [3.8, 4) is 5.75 Å². The second-order valence-corrected chi connectivity index (χ2v) is 5.95. The summed E-state index contributed by atoms with van der Waals surface area (Å²) in [6.07, 6.45) is 2.59. The number of rotatable bonds is 2. The minimum Gasteiger partial charge on any atom is -0.508 e. The maximum absolute atomic E-state index is 12.4. The summed E-state index contributed by atoms with van der Waals surface area (Å²) < 4.78 is 0. The van der Waals surface area contributed by atoms with Crippen LogP contribution in [-0.2, 0) is 16.0 Å². The third-order valence-electron chi connectivity index (χ3n) is 4.44. The van der Waals surface area contributed by atoms with Crippen LogP contribution in [0.5, 0.6) is 5.75 Å². The van der Waals surface area contributed by atoms with Crippen molar-refractivity contribution in [1.29, 1.82) is 0 Å². The van der Waals surface area contributed by atoms with Gasteiger partial charge in [-0.3, -0.25) is 9.59 Å². The summed E-state index contributed by atoms with van der Waals surface area (Å²) in [6, 6.07) is 7.07. The third-order valence-corrected chi connectivity index (χ3v) is 4.44. The predicted molar refractivity (Wildman–Crippen MR) is 77.7 cm³/mol. The summed E-state index contributed by atoms with van der Waals surface area (Å²) in [7, 11) is 0. The summed E-state index contributed by atoms with van der Waals surface area (Å²) in [6.45, 7) is 1.42. The maximum atomic E-state index is 12.4. The van der Waals surface area contributed by atoms with Crippen LogP contribution < -0.4 is 5.32 Å². The number of likely N-dealkylation sites (tertiary alicyclic amines) is 1. The Morgan fingerprint density at radius 2 is 2.24 bits per heavy atom. The second-order valence-electron chi connectivity index (χ2n) is 5.95. The number of aromatic hydroxyl groups is 1. The summed E-state index contributed by atoms with van der Waals surface area (Å²) in [5.74, 6) is 0.797. The number of fused-ring (bicyclic) bond motifs is 1. The van der Waals surface area contributed by atoms with Crippen molar-refractivity contribution in [3.63, 3.8) is 0 Å². The number of hydrogen-bond donors (Lipinski definition) is 2. The summed E-state index contributed by atoms with van der Waals surface area (Å²) in [5.41, 5.74) is 0.832. The molecule has 2 heterocycles. The first kappa shape index (κ1) is 13.9. The Balaban J connectivity index is 1.60. The molecule has 5 nitrogen and oxygen atoms in total. The van der Waals surface area contributed by atoms with Gasteiger partial charge in [-0.1, -0.05) is 12.1 Å². The van der Waals surface area contributed by atoms with E-state index in [-0.39, 0.29) is 23.6 Å². The van der Waals surface area contributed by atoms with Crippen LogP contribution in [0.15, 0.2) is 24.3 Å². The normalized spacial score (nSPS) is 25.1. The number of phenolic OH excluding ortho intramolecular Hbond substituents is 1. The van der Waals surface area contributed by atoms with Crippen LogP contribution in [0.25, 0.3) is 0 Å². The quantitative estimate of drug-likeness (QED) is 0.855. The predicted octanol–water partition coefficient (Wildman–Crippen LogP) is 1.06. The maximum Gasteiger partial charge on any atom is 0.227 e. The molecule has 0 aliphatic carbocycles. The van der Waals surface area contributed by atoms with E-state index in [1.54, 1.807) is 18.2 Å². The number of carbonyl (C=O) groups excluding carboxylic acids is 2. The first-order chi connectivity index (χ1) is 10.1. The molecular formula is C16H20N2O3. The molecule has 0 aromatic heterocycles. The number of phenols is 1. The summed E-state index contributed by atoms with van der Waals surface area (Å²) in [4.78, 5) is 25.7. The first-order valence-electron chi connectivity index (χ1n) is 7.47. The smallest absolute Gasteiger partial charge is 0.227 e. The summed E-state index contributed by atoms with van der Waals surface area (Å²) in [5, 5.41) is 12.5. The van der Waals surface area contributed by atoms with Crippen molar-refractivity contribution in [2.45, 2.75) is 31.7 Å². The van der Waals surface area contributed by atoms with Gasteiger partial charge in [-0.05, 0) is 36.5 Å². The lowest BCUT2D eigenvalue weighted by molar-refractivity contribution is -0.134. The molecule has 0 radical (unpaired) electrons. The van der Waals surface area contributed by atoms with Gasteiger partial charge in [0.1, 0.15) is 5.75 Å². The zero-order valence-corrected chi connectivity index (χ0v) is 11.9. The highest BCUT2D eigenvalue weighted by Crippen LogP contribution is 2.25. The molecule has 2 aliphatic heterocycles. The number of amides is 2. The van der Waals surface area contributed by atoms with Crippen LogP contribution in [0, 0.1) is 5.92 Å². The van der Waals surface area contributed by atoms with Gasteiger partial charge in [0.25, 0.3) is 0 Å². The van der Waals surface area contributed by atoms with Gasteiger partial charge in [0, 0.05) is 25.6 Å². The number of hydrogen-bond acceptors (Lipinski definition) is 3. The Morgan fingerprint density at radius 3 is 3.05 bits per heavy atom. The van der Waals surface area contributed by atoms with Crippen molar-refractivity contribution >= 4 is 11.8 Å². The zero-order chi connectivity index (χ0) is 14.8. The van der Waals surface area contributed by atoms with Crippen LogP contribution in [-0.4, -0.2) is 41.0 Å². The van der Waals surface area contributed by atoms with Gasteiger partial charge in [0.05, 0.1) is 6.42 Å². The van der Waals surface area contributed by atoms with E-state index in [1.807, 2.05) is 11.0 Å². The van der Waals surface area contributed by atoms with Crippen LogP contribution in [0.4, 0.5) is 0 Å². The largest absolute Gasteiger partial charge is 0.508 e. The molecule has 112 valence electrons. The molecule has 2 atom stereocenters. The van der Waals surface area contributed by atoms with Gasteiger partial charge >= 0.3 is 0 Å². The first-order valence-corrected chi connectivity index (χ1v) is 7.47. The number of nitrogens with zero attached hydrogens (tertiary/aromatic N) is 1. The number of benzene rings is 1. The number of carbonyl (C=O) groups is 2. The van der Waals surface area contributed by atoms with Crippen LogP contribution in [0.3, 0.4) is 0 Å². The van der Waals surface area contributed by atoms with Gasteiger partial charge in [-0.15, -0.1) is 0 Å². The fourth-order valence-corrected chi connectivity index (χ4v) is 3.29. The lowest BCUT2D eigenvalue weighted by Gasteiger charge is -2.41. The molecule has 3 rings (SSSR count). The second kappa shape index (κ2) is 5.76. The standard InChI is InChI=1S/C16H20N2O3/c19-13-3-1-2-11(8-13)9-16(21)18-7-6-14-12(10-18)4-5-15(20)17-14/h1-3,8,12,14,19H,4-7,9-10H2,(H,17,20). The monoisotopic (exact) mass is 288 g/mol. The van der Waals surface area contributed by atoms with Gasteiger partial charge in [-0.2, -0.15) is 0 Å². The molecule has 1 aromatic carbocycles. The molecule has 2 fully saturated rings. The highest BCUT2D eigenvalue weighted by atomic mass is 16.3. The lowest BCUT2D eigenvalue weighted by Crippen LogP contribution is -2.55. The minimum absolute atomic E-state index is 0.0935. The van der Waals surface area contributed by atoms with Crippen molar-refractivity contribution in [2.75, 3.05) is 13.1 Å². The molecule has 1 aromatic rings. The van der Waals surface area contributed by atoms with E-state index in [2.05, 4.69) is 5.32 Å². The molecule has 21 heavy (non-hydrogen) atoms. The molecule has 2 aliphatic rings. The Labute approximate surface area is 123 Å². The Kier molecular flexibility index (Phi) is 3.82. The van der Waals surface area contributed by atoms with Gasteiger partial charge in [0.2, 0.25) is 11.8 Å². The van der Waals surface area contributed by atoms with Gasteiger partial charge in [-0.25, -0.2) is 0 Å². The summed E-state index contributed by atoms with van der Waals surface area (Å²) >= 11 is 0. The van der Waals surface area contributed by atoms with Crippen molar-refractivity contribution < 1.29 is 14.7 Å². The molecule has 0 saturated carbocycles. The molecule has 2 N–H and O–H groups in total. The Morgan fingerprint density at radius 1 is 1.38 bits per heavy atom. The molecule has 2 amide bonds. The van der Waals surface area contributed by atoms with Crippen LogP contribution in [0.2, 0.25) is 0 Å². The lowest BCUT2D eigenvalue weighted by atomic mass is 9.85. The molecule has 2 unspecified atom stereocenters. The van der Waals surface area contributed by atoms with Gasteiger partial charge in [0.15, 0.2) is 0 Å². The SMILES string of the molecule is O=C1CCC2CN(C(=O)Cc3cccc(O)c3)CCC2N1. The van der Waals surface area contributed by atoms with Crippen molar-refractivity contribution in [1.82, 2.24) is 10.2 Å². The van der Waals surface area contributed by atoms with E-state index >= 15 is 0 Å². The van der Waals surface area contributed by atoms with E-state index in [1.165, 1.54) is 0 Å². The van der Waals surface area contributed by atoms with E-state index in [4.69, 9.17) is 0 Å². The highest BCUT2D eigenvalue weighted by Gasteiger charge is 2.35. The van der Waals surface area contributed by atoms with Crippen LogP contribution in [0.1, 0.15) is 24.8 Å². The molecule has 5 heteroatoms. The average Bonchev–Trinajstić information content (AvgIpc) is 2.46. The van der Waals surface area contributed by atoms with E-state index < -0.39 is 0 Å². The van der Waals surface area contributed by atoms with Gasteiger partial charge < -0.3 is 15.3 Å². The number of piperidine rings is 2. The average molecular weight is 288 g/mol. The molecule has 2 saturated heterocycles. The Hall–Kier alpha value is -2.04. The van der Waals surface area contributed by atoms with Crippen molar-refractivity contribution in [3.05, 3.63) is 29.8 Å². The van der Waals surface area contributed by atoms with Crippen LogP contribution >= 0.6 is 0 Å². The van der Waals surface area contributed by atoms with Crippen molar-refractivity contribution in [2.24, 2.45) is 5.92 Å².